The number of carbonyl (C=O) groups is 14. The maximum absolute atomic E-state index is 14.0. The molecule has 0 radical (unpaired) electrons. The average molecular weight is 1210 g/mol. The Kier molecular flexibility index (Phi) is 27.1. The van der Waals surface area contributed by atoms with E-state index in [4.69, 9.17) is 5.73 Å². The second kappa shape index (κ2) is 33.0. The van der Waals surface area contributed by atoms with Gasteiger partial charge in [0.2, 0.25) is 41.4 Å². The van der Waals surface area contributed by atoms with Crippen LogP contribution in [0.3, 0.4) is 0 Å². The summed E-state index contributed by atoms with van der Waals surface area (Å²) in [6.07, 6.45) is -4.99. The second-order valence-corrected chi connectivity index (χ2v) is 21.4. The molecule has 0 aliphatic carbocycles. The third-order valence-corrected chi connectivity index (χ3v) is 12.7. The standard InChI is InChI=1S/C52H69N13O19S/c1-24(66)6-13-30(57-36(69)19-16-35(49(81)82)62-42(74)27-9-11-28(12-10-27)54-22-29-23-55-41-39(56-29)48(80)65-51(53)64-41)43(75)60-33(17-20-37(70)71)45(77)58-31(14-7-25(2)67)44(76)61-34(18-21-38(72)73)46(78)59-32(15-8-26(3)68)47(79)63-40(50(83)84)52(4,5)85/h9-12,23,30-35,40,54,85H,6-8,13-22H2,1-5H3,(H,57,69)(H,58,77)(H,59,78)(H,60,75)(H,61,76)(H,62,74)(H,63,79)(H,70,71)(H,72,73)(H,81,82)(H,83,84)(H3,53,55,64,65,80)/t30-,31-,32-,33+,34+,35+,40-/m0/s1. The van der Waals surface area contributed by atoms with Crippen molar-refractivity contribution in [2.75, 3.05) is 11.1 Å². The summed E-state index contributed by atoms with van der Waals surface area (Å²) in [5.41, 5.74) is 5.82. The van der Waals surface area contributed by atoms with Crippen LogP contribution in [0.25, 0.3) is 11.2 Å². The minimum Gasteiger partial charge on any atom is -0.481 e. The van der Waals surface area contributed by atoms with Crippen LogP contribution in [0.2, 0.25) is 0 Å². The molecule has 2 aromatic heterocycles. The van der Waals surface area contributed by atoms with Crippen LogP contribution in [0.15, 0.2) is 35.3 Å². The Morgan fingerprint density at radius 3 is 1.36 bits per heavy atom. The fraction of sp³-hybridized carbons (Fsp3) is 0.500. The van der Waals surface area contributed by atoms with Crippen LogP contribution in [-0.2, 0) is 68.9 Å². The number of nitrogens with two attached hydrogens (primary N) is 1. The predicted octanol–water partition coefficient (Wildman–Crippen LogP) is -1.59. The van der Waals surface area contributed by atoms with Crippen LogP contribution < -0.4 is 53.8 Å². The maximum Gasteiger partial charge on any atom is 0.327 e. The summed E-state index contributed by atoms with van der Waals surface area (Å²) < 4.78 is -1.35. The van der Waals surface area contributed by atoms with E-state index in [1.54, 1.807) is 0 Å². The highest BCUT2D eigenvalue weighted by molar-refractivity contribution is 7.81. The number of aromatic amines is 1. The highest BCUT2D eigenvalue weighted by Crippen LogP contribution is 2.19. The number of H-pyrrole nitrogens is 1. The average Bonchev–Trinajstić information content (AvgIpc) is 3.07. The topological polar surface area (TPSA) is 514 Å². The summed E-state index contributed by atoms with van der Waals surface area (Å²) in [6.45, 7) is 6.32. The molecular weight excluding hydrogens is 1140 g/mol. The summed E-state index contributed by atoms with van der Waals surface area (Å²) in [5, 5.41) is 57.9. The number of aliphatic carboxylic acids is 4. The third kappa shape index (κ3) is 24.5. The van der Waals surface area contributed by atoms with E-state index in [2.05, 4.69) is 75.1 Å². The van der Waals surface area contributed by atoms with Crippen molar-refractivity contribution in [1.29, 1.82) is 0 Å². The lowest BCUT2D eigenvalue weighted by Crippen LogP contribution is -2.60. The van der Waals surface area contributed by atoms with Crippen molar-refractivity contribution >= 4 is 118 Å². The number of anilines is 2. The van der Waals surface area contributed by atoms with Gasteiger partial charge in [0, 0.05) is 54.5 Å². The highest BCUT2D eigenvalue weighted by atomic mass is 32.1. The van der Waals surface area contributed by atoms with Crippen molar-refractivity contribution in [3.63, 3.8) is 0 Å². The lowest BCUT2D eigenvalue weighted by molar-refractivity contribution is -0.143. The summed E-state index contributed by atoms with van der Waals surface area (Å²) >= 11 is 4.21. The van der Waals surface area contributed by atoms with Crippen LogP contribution in [0.1, 0.15) is 128 Å². The van der Waals surface area contributed by atoms with Gasteiger partial charge < -0.3 is 83.1 Å². The number of aromatic nitrogens is 4. The number of fused-ring (bicyclic) bond motifs is 1. The molecule has 0 spiro atoms. The molecule has 1 aromatic carbocycles. The molecule has 0 unspecified atom stereocenters. The number of Topliss-reactive ketones (excluding diaryl/α,β-unsaturated/α-hetero) is 3. The number of ketones is 3. The van der Waals surface area contributed by atoms with E-state index in [1.807, 2.05) is 0 Å². The molecule has 3 aromatic rings. The van der Waals surface area contributed by atoms with Crippen LogP contribution in [0.4, 0.5) is 11.6 Å². The number of nitrogens with one attached hydrogen (secondary N) is 9. The number of hydrogen-bond donors (Lipinski definition) is 15. The van der Waals surface area contributed by atoms with E-state index in [-0.39, 0.29) is 48.5 Å². The zero-order valence-electron chi connectivity index (χ0n) is 46.9. The first-order valence-electron chi connectivity index (χ1n) is 26.3. The molecule has 85 heavy (non-hydrogen) atoms. The molecule has 2 heterocycles. The molecule has 0 bridgehead atoms. The van der Waals surface area contributed by atoms with Gasteiger partial charge >= 0.3 is 23.9 Å². The molecule has 7 amide bonds. The van der Waals surface area contributed by atoms with Crippen molar-refractivity contribution < 1.29 is 87.5 Å². The van der Waals surface area contributed by atoms with E-state index in [0.29, 0.717) is 11.4 Å². The van der Waals surface area contributed by atoms with Crippen LogP contribution in [-0.4, -0.2) is 170 Å². The van der Waals surface area contributed by atoms with Gasteiger partial charge in [-0.25, -0.2) is 19.6 Å². The van der Waals surface area contributed by atoms with E-state index in [9.17, 15) is 92.3 Å². The number of amides is 7. The quantitative estimate of drug-likeness (QED) is 0.0289. The normalized spacial score (nSPS) is 13.6. The van der Waals surface area contributed by atoms with Crippen molar-refractivity contribution in [2.24, 2.45) is 0 Å². The second-order valence-electron chi connectivity index (χ2n) is 20.2. The first kappa shape index (κ1) is 69.8. The fourth-order valence-electron chi connectivity index (χ4n) is 7.82. The minimum atomic E-state index is -1.84. The lowest BCUT2D eigenvalue weighted by atomic mass is 10.0. The molecule has 0 aliphatic heterocycles. The monoisotopic (exact) mass is 1210 g/mol. The Balaban J connectivity index is 1.78. The number of hydrogen-bond acceptors (Lipinski definition) is 21. The van der Waals surface area contributed by atoms with Gasteiger partial charge in [-0.15, -0.1) is 0 Å². The number of rotatable bonds is 37. The molecule has 462 valence electrons. The lowest BCUT2D eigenvalue weighted by Gasteiger charge is -2.30. The van der Waals surface area contributed by atoms with Gasteiger partial charge in [-0.1, -0.05) is 0 Å². The van der Waals surface area contributed by atoms with Gasteiger partial charge in [-0.2, -0.15) is 17.6 Å². The zero-order valence-corrected chi connectivity index (χ0v) is 47.8. The van der Waals surface area contributed by atoms with Gasteiger partial charge in [0.15, 0.2) is 11.2 Å². The fourth-order valence-corrected chi connectivity index (χ4v) is 8.00. The molecule has 3 rings (SSSR count). The summed E-state index contributed by atoms with van der Waals surface area (Å²) in [5.74, 6) is -15.2. The zero-order chi connectivity index (χ0) is 63.9. The number of carbonyl (C=O) groups excluding carboxylic acids is 10. The van der Waals surface area contributed by atoms with E-state index < -0.39 is 193 Å². The SMILES string of the molecule is CC(=O)CC[C@H](NC(=O)CC[C@@H](NC(=O)c1ccc(NCc2cnc3nc(N)[nH]c(=O)c3n2)cc1)C(=O)O)C(=O)N[C@H](CCC(=O)O)C(=O)N[C@@H](CCC(C)=O)C(=O)N[C@H](CCC(=O)O)C(=O)N[C@@H](CCC(C)=O)C(=O)N[C@@H](C(=O)O)C(C)(C)S. The highest BCUT2D eigenvalue weighted by Gasteiger charge is 2.38. The van der Waals surface area contributed by atoms with Crippen molar-refractivity contribution in [3.05, 3.63) is 52.1 Å². The third-order valence-electron chi connectivity index (χ3n) is 12.4. The summed E-state index contributed by atoms with van der Waals surface area (Å²) in [7, 11) is 0. The van der Waals surface area contributed by atoms with Crippen LogP contribution in [0, 0.1) is 0 Å². The largest absolute Gasteiger partial charge is 0.481 e. The number of nitrogens with zero attached hydrogens (tertiary/aromatic N) is 3. The number of benzene rings is 1. The van der Waals surface area contributed by atoms with Crippen molar-refractivity contribution in [1.82, 2.24) is 57.2 Å². The van der Waals surface area contributed by atoms with E-state index >= 15 is 0 Å². The smallest absolute Gasteiger partial charge is 0.327 e. The Bertz CT molecular complexity index is 3080. The molecule has 15 N–H and O–H groups in total. The molecule has 7 atom stereocenters. The Hall–Kier alpha value is -9.43. The van der Waals surface area contributed by atoms with Crippen molar-refractivity contribution in [3.8, 4) is 0 Å². The molecule has 32 nitrogen and oxygen atoms in total. The van der Waals surface area contributed by atoms with Gasteiger partial charge in [-0.05, 0) is 97.4 Å². The van der Waals surface area contributed by atoms with E-state index in [1.165, 1.54) is 58.2 Å². The van der Waals surface area contributed by atoms with Gasteiger partial charge in [0.05, 0.1) is 18.4 Å². The number of nitrogen functional groups attached to an aromatic ring is 1. The Morgan fingerprint density at radius 1 is 0.553 bits per heavy atom. The Morgan fingerprint density at radius 2 is 0.965 bits per heavy atom. The number of thiol groups is 1. The van der Waals surface area contributed by atoms with Gasteiger partial charge in [0.1, 0.15) is 59.6 Å². The summed E-state index contributed by atoms with van der Waals surface area (Å²) in [4.78, 5) is 206. The molecular formula is C52H69N13O19S. The first-order valence-corrected chi connectivity index (χ1v) is 26.8. The van der Waals surface area contributed by atoms with Crippen molar-refractivity contribution in [2.45, 2.75) is 165 Å². The van der Waals surface area contributed by atoms with Gasteiger partial charge in [-0.3, -0.25) is 52.9 Å². The first-order chi connectivity index (χ1) is 39.7. The molecule has 0 saturated heterocycles. The van der Waals surface area contributed by atoms with Crippen LogP contribution >= 0.6 is 12.6 Å². The number of carboxylic acids is 4. The maximum atomic E-state index is 14.0. The van der Waals surface area contributed by atoms with Gasteiger partial charge in [0.25, 0.3) is 11.5 Å². The predicted molar refractivity (Wildman–Crippen MR) is 300 cm³/mol. The van der Waals surface area contributed by atoms with Crippen LogP contribution in [0.5, 0.6) is 0 Å². The van der Waals surface area contributed by atoms with E-state index in [0.717, 1.165) is 6.92 Å². The molecule has 0 fully saturated rings. The molecule has 33 heteroatoms. The summed E-state index contributed by atoms with van der Waals surface area (Å²) in [6, 6.07) is -6.26. The molecule has 0 saturated carbocycles. The number of carboxylic acid groups (broad SMARTS) is 4. The minimum absolute atomic E-state index is 0.0151. The molecule has 0 aliphatic rings. The Labute approximate surface area is 489 Å².